The molecule has 2 rings (SSSR count). The SMILES string of the molecule is CC1(N2CC[C@@H](N)[C@@H](F)C2)COC1. The number of alkyl halides is 1. The molecule has 2 aliphatic heterocycles. The summed E-state index contributed by atoms with van der Waals surface area (Å²) >= 11 is 0. The van der Waals surface area contributed by atoms with Crippen molar-refractivity contribution >= 4 is 0 Å². The third-order valence-electron chi connectivity index (χ3n) is 3.18. The molecule has 0 aliphatic carbocycles. The van der Waals surface area contributed by atoms with Gasteiger partial charge in [0.05, 0.1) is 18.8 Å². The Morgan fingerprint density at radius 1 is 1.54 bits per heavy atom. The summed E-state index contributed by atoms with van der Waals surface area (Å²) in [6.45, 7) is 4.96. The lowest BCUT2D eigenvalue weighted by atomic mass is 9.93. The van der Waals surface area contributed by atoms with Gasteiger partial charge in [-0.1, -0.05) is 0 Å². The predicted molar refractivity (Wildman–Crippen MR) is 48.3 cm³/mol. The molecule has 0 aromatic rings. The summed E-state index contributed by atoms with van der Waals surface area (Å²) < 4.78 is 18.5. The molecular weight excluding hydrogens is 171 g/mol. The number of likely N-dealkylation sites (tertiary alicyclic amines) is 1. The number of piperidine rings is 1. The Labute approximate surface area is 78.0 Å². The van der Waals surface area contributed by atoms with E-state index in [1.54, 1.807) is 0 Å². The lowest BCUT2D eigenvalue weighted by Crippen LogP contribution is -2.64. The van der Waals surface area contributed by atoms with Gasteiger partial charge in [0.25, 0.3) is 0 Å². The zero-order valence-electron chi connectivity index (χ0n) is 8.00. The summed E-state index contributed by atoms with van der Waals surface area (Å²) in [5, 5.41) is 0. The highest BCUT2D eigenvalue weighted by molar-refractivity contribution is 4.97. The Balaban J connectivity index is 1.94. The lowest BCUT2D eigenvalue weighted by Gasteiger charge is -2.50. The Morgan fingerprint density at radius 3 is 2.69 bits per heavy atom. The average molecular weight is 188 g/mol. The molecule has 2 saturated heterocycles. The smallest absolute Gasteiger partial charge is 0.128 e. The van der Waals surface area contributed by atoms with E-state index in [2.05, 4.69) is 11.8 Å². The van der Waals surface area contributed by atoms with Gasteiger partial charge < -0.3 is 10.5 Å². The Hall–Kier alpha value is -0.190. The molecule has 2 aliphatic rings. The van der Waals surface area contributed by atoms with Crippen molar-refractivity contribution in [3.63, 3.8) is 0 Å². The number of halogens is 1. The highest BCUT2D eigenvalue weighted by Crippen LogP contribution is 2.28. The first-order valence-electron chi connectivity index (χ1n) is 4.84. The molecule has 2 fully saturated rings. The van der Waals surface area contributed by atoms with E-state index in [0.29, 0.717) is 6.54 Å². The summed E-state index contributed by atoms with van der Waals surface area (Å²) in [6.07, 6.45) is -0.109. The lowest BCUT2D eigenvalue weighted by molar-refractivity contribution is -0.142. The van der Waals surface area contributed by atoms with E-state index in [4.69, 9.17) is 10.5 Å². The fraction of sp³-hybridized carbons (Fsp3) is 1.00. The zero-order valence-corrected chi connectivity index (χ0v) is 8.00. The number of ether oxygens (including phenoxy) is 1. The molecule has 0 saturated carbocycles. The number of hydrogen-bond acceptors (Lipinski definition) is 3. The molecule has 76 valence electrons. The largest absolute Gasteiger partial charge is 0.377 e. The van der Waals surface area contributed by atoms with Crippen molar-refractivity contribution in [2.45, 2.75) is 31.1 Å². The van der Waals surface area contributed by atoms with Crippen LogP contribution in [0.4, 0.5) is 4.39 Å². The van der Waals surface area contributed by atoms with Crippen LogP contribution >= 0.6 is 0 Å². The van der Waals surface area contributed by atoms with Crippen LogP contribution in [-0.4, -0.2) is 49.0 Å². The van der Waals surface area contributed by atoms with Gasteiger partial charge in [0.1, 0.15) is 6.17 Å². The normalized spacial score (nSPS) is 39.9. The maximum Gasteiger partial charge on any atom is 0.128 e. The first-order chi connectivity index (χ1) is 6.12. The number of nitrogens with two attached hydrogens (primary N) is 1. The van der Waals surface area contributed by atoms with Crippen LogP contribution in [0.3, 0.4) is 0 Å². The molecule has 0 radical (unpaired) electrons. The first-order valence-corrected chi connectivity index (χ1v) is 4.84. The third-order valence-corrected chi connectivity index (χ3v) is 3.18. The van der Waals surface area contributed by atoms with Gasteiger partial charge >= 0.3 is 0 Å². The number of nitrogens with zero attached hydrogens (tertiary/aromatic N) is 1. The molecular formula is C9H17FN2O. The first kappa shape index (κ1) is 9.37. The molecule has 0 aromatic carbocycles. The molecule has 2 heterocycles. The molecule has 0 amide bonds. The Kier molecular flexibility index (Phi) is 2.30. The van der Waals surface area contributed by atoms with Crippen LogP contribution in [0.2, 0.25) is 0 Å². The average Bonchev–Trinajstić information content (AvgIpc) is 2.06. The fourth-order valence-corrected chi connectivity index (χ4v) is 1.99. The zero-order chi connectivity index (χ0) is 9.47. The van der Waals surface area contributed by atoms with Crippen LogP contribution in [0, 0.1) is 0 Å². The van der Waals surface area contributed by atoms with E-state index < -0.39 is 6.17 Å². The van der Waals surface area contributed by atoms with Crippen molar-refractivity contribution in [3.05, 3.63) is 0 Å². The van der Waals surface area contributed by atoms with Crippen molar-refractivity contribution in [2.24, 2.45) is 5.73 Å². The van der Waals surface area contributed by atoms with E-state index >= 15 is 0 Å². The topological polar surface area (TPSA) is 38.5 Å². The van der Waals surface area contributed by atoms with Crippen molar-refractivity contribution in [1.82, 2.24) is 4.90 Å². The minimum absolute atomic E-state index is 0.0739. The minimum atomic E-state index is -0.869. The summed E-state index contributed by atoms with van der Waals surface area (Å²) in [6, 6.07) is -0.263. The number of hydrogen-bond donors (Lipinski definition) is 1. The highest BCUT2D eigenvalue weighted by atomic mass is 19.1. The number of rotatable bonds is 1. The van der Waals surface area contributed by atoms with Crippen LogP contribution in [-0.2, 0) is 4.74 Å². The third kappa shape index (κ3) is 1.58. The summed E-state index contributed by atoms with van der Waals surface area (Å²) in [7, 11) is 0. The van der Waals surface area contributed by atoms with Crippen LogP contribution in [0.1, 0.15) is 13.3 Å². The molecule has 3 nitrogen and oxygen atoms in total. The monoisotopic (exact) mass is 188 g/mol. The highest BCUT2D eigenvalue weighted by Gasteiger charge is 2.42. The van der Waals surface area contributed by atoms with E-state index in [9.17, 15) is 4.39 Å². The molecule has 13 heavy (non-hydrogen) atoms. The van der Waals surface area contributed by atoms with Crippen LogP contribution in [0.5, 0.6) is 0 Å². The predicted octanol–water partition coefficient (Wildman–Crippen LogP) is 0.146. The van der Waals surface area contributed by atoms with E-state index in [-0.39, 0.29) is 11.6 Å². The maximum absolute atomic E-state index is 13.3. The van der Waals surface area contributed by atoms with Gasteiger partial charge in [0, 0.05) is 19.1 Å². The van der Waals surface area contributed by atoms with Gasteiger partial charge in [-0.25, -0.2) is 4.39 Å². The van der Waals surface area contributed by atoms with Gasteiger partial charge in [0.15, 0.2) is 0 Å². The van der Waals surface area contributed by atoms with Gasteiger partial charge in [-0.05, 0) is 13.3 Å². The van der Waals surface area contributed by atoms with Gasteiger partial charge in [-0.3, -0.25) is 4.90 Å². The van der Waals surface area contributed by atoms with E-state index in [1.807, 2.05) is 0 Å². The summed E-state index contributed by atoms with van der Waals surface area (Å²) in [4.78, 5) is 2.17. The van der Waals surface area contributed by atoms with Crippen LogP contribution < -0.4 is 5.73 Å². The van der Waals surface area contributed by atoms with E-state index in [0.717, 1.165) is 26.2 Å². The minimum Gasteiger partial charge on any atom is -0.377 e. The van der Waals surface area contributed by atoms with Gasteiger partial charge in [-0.2, -0.15) is 0 Å². The van der Waals surface area contributed by atoms with Crippen molar-refractivity contribution in [1.29, 1.82) is 0 Å². The van der Waals surface area contributed by atoms with Crippen LogP contribution in [0.15, 0.2) is 0 Å². The second kappa shape index (κ2) is 3.19. The van der Waals surface area contributed by atoms with Crippen LogP contribution in [0.25, 0.3) is 0 Å². The molecule has 0 unspecified atom stereocenters. The maximum atomic E-state index is 13.3. The molecule has 0 aromatic heterocycles. The second-order valence-electron chi connectivity index (χ2n) is 4.40. The molecule has 0 bridgehead atoms. The Morgan fingerprint density at radius 2 is 2.23 bits per heavy atom. The molecule has 4 heteroatoms. The summed E-state index contributed by atoms with van der Waals surface area (Å²) in [5.41, 5.74) is 5.68. The van der Waals surface area contributed by atoms with Gasteiger partial charge in [0.2, 0.25) is 0 Å². The quantitative estimate of drug-likeness (QED) is 0.636. The fourth-order valence-electron chi connectivity index (χ4n) is 1.99. The van der Waals surface area contributed by atoms with Gasteiger partial charge in [-0.15, -0.1) is 0 Å². The van der Waals surface area contributed by atoms with E-state index in [1.165, 1.54) is 0 Å². The molecule has 2 atom stereocenters. The molecule has 0 spiro atoms. The van der Waals surface area contributed by atoms with Crippen molar-refractivity contribution < 1.29 is 9.13 Å². The Bertz CT molecular complexity index is 196. The second-order valence-corrected chi connectivity index (χ2v) is 4.40. The summed E-state index contributed by atoms with van der Waals surface area (Å²) in [5.74, 6) is 0. The molecule has 2 N–H and O–H groups in total. The van der Waals surface area contributed by atoms with Crippen molar-refractivity contribution in [2.75, 3.05) is 26.3 Å². The standard InChI is InChI=1S/C9H17FN2O/c1-9(5-13-6-9)12-3-2-8(11)7(10)4-12/h7-8H,2-6,11H2,1H3/t7-,8+/m0/s1. The van der Waals surface area contributed by atoms with Crippen molar-refractivity contribution in [3.8, 4) is 0 Å².